The zero-order chi connectivity index (χ0) is 28.8. The van der Waals surface area contributed by atoms with Crippen LogP contribution in [0.4, 0.5) is 5.95 Å². The zero-order valence-corrected chi connectivity index (χ0v) is 24.5. The van der Waals surface area contributed by atoms with Gasteiger partial charge in [0.05, 0.1) is 17.6 Å². The molecule has 4 heterocycles. The van der Waals surface area contributed by atoms with Crippen molar-refractivity contribution >= 4 is 57.9 Å². The van der Waals surface area contributed by atoms with Gasteiger partial charge in [-0.3, -0.25) is 4.79 Å². The highest BCUT2D eigenvalue weighted by molar-refractivity contribution is 6.31. The Kier molecular flexibility index (Phi) is 8.18. The van der Waals surface area contributed by atoms with Gasteiger partial charge in [0, 0.05) is 36.6 Å². The van der Waals surface area contributed by atoms with Crippen LogP contribution < -0.4 is 22.0 Å². The highest BCUT2D eigenvalue weighted by atomic mass is 35.5. The number of pyridine rings is 1. The third-order valence-electron chi connectivity index (χ3n) is 7.50. The Morgan fingerprint density at radius 2 is 1.98 bits per heavy atom. The average Bonchev–Trinajstić information content (AvgIpc) is 3.50. The van der Waals surface area contributed by atoms with Crippen LogP contribution in [-0.4, -0.2) is 39.2 Å². The van der Waals surface area contributed by atoms with Crippen LogP contribution >= 0.6 is 24.0 Å². The van der Waals surface area contributed by atoms with Gasteiger partial charge in [-0.05, 0) is 49.6 Å². The number of aromatic nitrogens is 3. The van der Waals surface area contributed by atoms with Crippen molar-refractivity contribution in [1.29, 1.82) is 0 Å². The van der Waals surface area contributed by atoms with E-state index < -0.39 is 11.8 Å². The number of benzene rings is 2. The molecule has 11 nitrogen and oxygen atoms in total. The van der Waals surface area contributed by atoms with Crippen molar-refractivity contribution in [1.82, 2.24) is 14.1 Å². The number of imidazole rings is 1. The molecule has 0 radical (unpaired) electrons. The van der Waals surface area contributed by atoms with Gasteiger partial charge in [-0.1, -0.05) is 29.8 Å². The quantitative estimate of drug-likeness (QED) is 0.280. The highest BCUT2D eigenvalue weighted by Crippen LogP contribution is 2.31. The summed E-state index contributed by atoms with van der Waals surface area (Å²) in [6, 6.07) is 12.4. The lowest BCUT2D eigenvalue weighted by Crippen LogP contribution is -2.44. The van der Waals surface area contributed by atoms with Crippen LogP contribution in [0, 0.1) is 6.92 Å². The van der Waals surface area contributed by atoms with Crippen molar-refractivity contribution in [2.45, 2.75) is 39.0 Å². The van der Waals surface area contributed by atoms with E-state index in [1.54, 1.807) is 36.7 Å². The lowest BCUT2D eigenvalue weighted by molar-refractivity contribution is 0.0443. The fourth-order valence-corrected chi connectivity index (χ4v) is 5.56. The van der Waals surface area contributed by atoms with Gasteiger partial charge in [-0.25, -0.2) is 14.6 Å². The second-order valence-corrected chi connectivity index (χ2v) is 10.6. The fourth-order valence-electron chi connectivity index (χ4n) is 5.36. The Balaban J connectivity index is 0.00000353. The van der Waals surface area contributed by atoms with E-state index in [-0.39, 0.29) is 47.7 Å². The van der Waals surface area contributed by atoms with Gasteiger partial charge >= 0.3 is 11.8 Å². The zero-order valence-electron chi connectivity index (χ0n) is 23.0. The number of anilines is 1. The fraction of sp³-hybridized carbons (Fsp3) is 0.310. The summed E-state index contributed by atoms with van der Waals surface area (Å²) in [5.74, 6) is -0.489. The number of nitrogens with zero attached hydrogens (tertiary/aromatic N) is 4. The monoisotopic (exact) mass is 613 g/mol. The molecule has 1 fully saturated rings. The van der Waals surface area contributed by atoms with E-state index in [9.17, 15) is 14.4 Å². The van der Waals surface area contributed by atoms with E-state index in [4.69, 9.17) is 35.9 Å². The van der Waals surface area contributed by atoms with Crippen molar-refractivity contribution in [3.63, 3.8) is 0 Å². The van der Waals surface area contributed by atoms with Gasteiger partial charge in [0.15, 0.2) is 18.1 Å². The number of rotatable bonds is 6. The van der Waals surface area contributed by atoms with Crippen molar-refractivity contribution in [2.75, 3.05) is 18.0 Å². The van der Waals surface area contributed by atoms with E-state index in [1.165, 1.54) is 0 Å². The number of carbonyl (C=O) groups excluding carboxylic acids is 1. The Hall–Kier alpha value is -4.06. The molecule has 0 bridgehead atoms. The van der Waals surface area contributed by atoms with Gasteiger partial charge < -0.3 is 33.3 Å². The molecule has 3 aromatic heterocycles. The first-order valence-corrected chi connectivity index (χ1v) is 13.6. The second kappa shape index (κ2) is 11.7. The van der Waals surface area contributed by atoms with Crippen molar-refractivity contribution in [3.8, 4) is 0 Å². The molecule has 0 spiro atoms. The third-order valence-corrected chi connectivity index (χ3v) is 7.87. The first-order valence-electron chi connectivity index (χ1n) is 13.2. The molecule has 2 aromatic carbocycles. The minimum Gasteiger partial charge on any atom is -0.454 e. The molecule has 0 amide bonds. The summed E-state index contributed by atoms with van der Waals surface area (Å²) in [6.45, 7) is 2.97. The number of halogens is 2. The molecule has 1 aliphatic rings. The largest absolute Gasteiger partial charge is 0.519 e. The number of nitrogens with two attached hydrogens (primary N) is 1. The lowest BCUT2D eigenvalue weighted by Gasteiger charge is -2.32. The summed E-state index contributed by atoms with van der Waals surface area (Å²) in [5.41, 5.74) is 8.67. The van der Waals surface area contributed by atoms with Crippen LogP contribution in [-0.2, 0) is 24.9 Å². The van der Waals surface area contributed by atoms with Gasteiger partial charge in [0.1, 0.15) is 11.0 Å². The molecule has 13 heteroatoms. The predicted octanol–water partition coefficient (Wildman–Crippen LogP) is 4.15. The van der Waals surface area contributed by atoms with Crippen LogP contribution in [0.2, 0.25) is 5.02 Å². The molecule has 220 valence electrons. The van der Waals surface area contributed by atoms with Crippen molar-refractivity contribution in [2.24, 2.45) is 12.8 Å². The molecule has 1 saturated heterocycles. The number of hydrogen-bond donors (Lipinski definition) is 1. The van der Waals surface area contributed by atoms with E-state index in [0.29, 0.717) is 46.0 Å². The normalized spacial score (nSPS) is 15.2. The second-order valence-electron chi connectivity index (χ2n) is 10.2. The standard InChI is InChI=1S/C29H28ClN5O6.ClH/c1-16-23(41-29(38)40-16)15-39-27(37)17-9-10-22-20(12-17)24-25(26(36)33(22)2)35(13-18-6-3-4-8-21(18)30)28(32-24)34-11-5-7-19(31)14-34;/h3-4,6,8-10,12,19H,5,7,11,13-15,31H2,1-2H3;1H/t19-;/m1./s1. The molecular formula is C29H29Cl2N5O6. The molecule has 1 aliphatic heterocycles. The van der Waals surface area contributed by atoms with E-state index in [0.717, 1.165) is 24.9 Å². The summed E-state index contributed by atoms with van der Waals surface area (Å²) < 4.78 is 18.6. The molecule has 1 atom stereocenters. The molecule has 0 saturated carbocycles. The summed E-state index contributed by atoms with van der Waals surface area (Å²) in [7, 11) is 1.69. The minimum atomic E-state index is -0.861. The number of hydrogen-bond acceptors (Lipinski definition) is 9. The van der Waals surface area contributed by atoms with E-state index in [2.05, 4.69) is 4.90 Å². The lowest BCUT2D eigenvalue weighted by atomic mass is 10.1. The topological polar surface area (TPSA) is 139 Å². The van der Waals surface area contributed by atoms with E-state index >= 15 is 0 Å². The number of fused-ring (bicyclic) bond motifs is 3. The number of piperidine rings is 1. The number of ether oxygens (including phenoxy) is 1. The summed E-state index contributed by atoms with van der Waals surface area (Å²) >= 11 is 6.53. The van der Waals surface area contributed by atoms with Crippen LogP contribution in [0.1, 0.15) is 40.3 Å². The smallest absolute Gasteiger partial charge is 0.454 e. The summed E-state index contributed by atoms with van der Waals surface area (Å²) in [6.07, 6.45) is 1.82. The van der Waals surface area contributed by atoms with E-state index in [1.807, 2.05) is 28.8 Å². The summed E-state index contributed by atoms with van der Waals surface area (Å²) in [5, 5.41) is 1.20. The van der Waals surface area contributed by atoms with Gasteiger partial charge in [-0.15, -0.1) is 12.4 Å². The Morgan fingerprint density at radius 1 is 1.19 bits per heavy atom. The maximum absolute atomic E-state index is 13.8. The summed E-state index contributed by atoms with van der Waals surface area (Å²) in [4.78, 5) is 45.2. The first kappa shape index (κ1) is 29.4. The minimum absolute atomic E-state index is 0. The first-order chi connectivity index (χ1) is 19.7. The van der Waals surface area contributed by atoms with Crippen LogP contribution in [0.5, 0.6) is 0 Å². The predicted molar refractivity (Wildman–Crippen MR) is 161 cm³/mol. The Morgan fingerprint density at radius 3 is 2.69 bits per heavy atom. The molecule has 6 rings (SSSR count). The van der Waals surface area contributed by atoms with Gasteiger partial charge in [-0.2, -0.15) is 0 Å². The Bertz CT molecular complexity index is 1920. The molecule has 5 aromatic rings. The SMILES string of the molecule is Cc1oc(=O)oc1COC(=O)c1ccc2c(c1)c1nc(N3CCC[C@@H](N)C3)n(Cc3ccccc3Cl)c1c(=O)n2C.Cl. The maximum atomic E-state index is 13.8. The van der Waals surface area contributed by atoms with Gasteiger partial charge in [0.25, 0.3) is 5.56 Å². The van der Waals surface area contributed by atoms with Crippen LogP contribution in [0.25, 0.3) is 21.9 Å². The molecular weight excluding hydrogens is 585 g/mol. The van der Waals surface area contributed by atoms with Crippen LogP contribution in [0.3, 0.4) is 0 Å². The molecule has 0 aliphatic carbocycles. The molecule has 2 N–H and O–H groups in total. The maximum Gasteiger partial charge on any atom is 0.519 e. The van der Waals surface area contributed by atoms with Gasteiger partial charge in [0.2, 0.25) is 5.95 Å². The molecule has 42 heavy (non-hydrogen) atoms. The van der Waals surface area contributed by atoms with Crippen molar-refractivity contribution in [3.05, 3.63) is 91.1 Å². The number of carbonyl (C=O) groups is 1. The van der Waals surface area contributed by atoms with Crippen LogP contribution in [0.15, 0.2) is 60.9 Å². The third kappa shape index (κ3) is 5.31. The number of aryl methyl sites for hydroxylation is 2. The average molecular weight is 614 g/mol. The number of esters is 1. The Labute approximate surface area is 250 Å². The van der Waals surface area contributed by atoms with Crippen molar-refractivity contribution < 1.29 is 18.4 Å². The highest BCUT2D eigenvalue weighted by Gasteiger charge is 2.26. The molecule has 0 unspecified atom stereocenters.